The Labute approximate surface area is 194 Å². The molecule has 1 amide bonds. The summed E-state index contributed by atoms with van der Waals surface area (Å²) in [6, 6.07) is 12.1. The Bertz CT molecular complexity index is 1520. The average Bonchev–Trinajstić information content (AvgIpc) is 2.77. The summed E-state index contributed by atoms with van der Waals surface area (Å²) in [5.74, 6) is -1.75. The molecular weight excluding hydrogens is 462 g/mol. The van der Waals surface area contributed by atoms with Crippen LogP contribution in [0.4, 0.5) is 20.3 Å². The molecule has 0 saturated carbocycles. The number of carbonyl (C=O) groups is 1. The van der Waals surface area contributed by atoms with Gasteiger partial charge in [-0.3, -0.25) is 9.78 Å². The molecule has 0 saturated heterocycles. The number of sulfone groups is 1. The lowest BCUT2D eigenvalue weighted by Gasteiger charge is -2.25. The maximum Gasteiger partial charge on any atom is 0.260 e. The van der Waals surface area contributed by atoms with Gasteiger partial charge in [0.15, 0.2) is 9.84 Å². The van der Waals surface area contributed by atoms with E-state index < -0.39 is 27.4 Å². The number of halogens is 2. The van der Waals surface area contributed by atoms with Crippen LogP contribution in [-0.2, 0) is 16.4 Å². The van der Waals surface area contributed by atoms with E-state index in [1.54, 1.807) is 25.1 Å². The van der Waals surface area contributed by atoms with Crippen LogP contribution in [0.3, 0.4) is 0 Å². The van der Waals surface area contributed by atoms with E-state index in [4.69, 9.17) is 5.73 Å². The van der Waals surface area contributed by atoms with Crippen molar-refractivity contribution in [1.29, 1.82) is 0 Å². The molecular formula is C24H20F2N4O3S. The van der Waals surface area contributed by atoms with Gasteiger partial charge < -0.3 is 10.6 Å². The van der Waals surface area contributed by atoms with Gasteiger partial charge in [-0.15, -0.1) is 0 Å². The highest BCUT2D eigenvalue weighted by atomic mass is 32.2. The number of hydrogen-bond donors (Lipinski definition) is 1. The number of aromatic nitrogens is 2. The van der Waals surface area contributed by atoms with Crippen LogP contribution < -0.4 is 10.6 Å². The number of anilines is 2. The fourth-order valence-corrected chi connectivity index (χ4v) is 4.44. The standard InChI is InChI=1S/C24H20F2N4O3S/c1-14-3-4-16(12-28-14)24(31)30(21-7-5-17(25)11-22(21)34(2,32)33)13-15-9-19(26)18-6-8-23(27)29-20(18)10-15/h3-12H,13H2,1-2H3,(H2,27,29). The normalized spacial score (nSPS) is 11.5. The van der Waals surface area contributed by atoms with Gasteiger partial charge in [0.25, 0.3) is 5.91 Å². The fraction of sp³-hybridized carbons (Fsp3) is 0.125. The van der Waals surface area contributed by atoms with Crippen LogP contribution in [0.2, 0.25) is 0 Å². The number of aryl methyl sites for hydroxylation is 1. The van der Waals surface area contributed by atoms with Gasteiger partial charge in [0.2, 0.25) is 0 Å². The number of hydrogen-bond acceptors (Lipinski definition) is 6. The second-order valence-corrected chi connectivity index (χ2v) is 9.83. The van der Waals surface area contributed by atoms with Crippen molar-refractivity contribution >= 4 is 38.2 Å². The topological polar surface area (TPSA) is 106 Å². The molecule has 0 aliphatic carbocycles. The van der Waals surface area contributed by atoms with Gasteiger partial charge in [-0.1, -0.05) is 0 Å². The van der Waals surface area contributed by atoms with Crippen LogP contribution >= 0.6 is 0 Å². The van der Waals surface area contributed by atoms with Crippen molar-refractivity contribution in [1.82, 2.24) is 9.97 Å². The zero-order chi connectivity index (χ0) is 24.6. The Morgan fingerprint density at radius 1 is 1.06 bits per heavy atom. The van der Waals surface area contributed by atoms with Gasteiger partial charge >= 0.3 is 0 Å². The van der Waals surface area contributed by atoms with Crippen molar-refractivity contribution in [2.75, 3.05) is 16.9 Å². The van der Waals surface area contributed by atoms with Crippen molar-refractivity contribution in [3.8, 4) is 0 Å². The van der Waals surface area contributed by atoms with Crippen LogP contribution in [0.1, 0.15) is 21.6 Å². The lowest BCUT2D eigenvalue weighted by molar-refractivity contribution is 0.0984. The number of nitrogen functional groups attached to an aromatic ring is 1. The predicted octanol–water partition coefficient (Wildman–Crippen LogP) is 4.05. The van der Waals surface area contributed by atoms with Crippen molar-refractivity contribution < 1.29 is 22.0 Å². The smallest absolute Gasteiger partial charge is 0.260 e. The molecule has 0 aliphatic rings. The molecule has 2 heterocycles. The highest BCUT2D eigenvalue weighted by Gasteiger charge is 2.26. The number of nitrogens with two attached hydrogens (primary N) is 1. The van der Waals surface area contributed by atoms with Gasteiger partial charge in [0, 0.05) is 23.5 Å². The van der Waals surface area contributed by atoms with Crippen LogP contribution in [0.25, 0.3) is 10.9 Å². The van der Waals surface area contributed by atoms with E-state index in [1.165, 1.54) is 30.5 Å². The summed E-state index contributed by atoms with van der Waals surface area (Å²) < 4.78 is 53.6. The van der Waals surface area contributed by atoms with E-state index in [-0.39, 0.29) is 39.4 Å². The molecule has 2 aromatic carbocycles. The van der Waals surface area contributed by atoms with E-state index in [0.29, 0.717) is 11.3 Å². The molecule has 0 atom stereocenters. The van der Waals surface area contributed by atoms with Gasteiger partial charge in [0.05, 0.1) is 28.2 Å². The zero-order valence-electron chi connectivity index (χ0n) is 18.3. The minimum atomic E-state index is -3.92. The lowest BCUT2D eigenvalue weighted by atomic mass is 10.1. The van der Waals surface area contributed by atoms with E-state index in [1.807, 2.05) is 0 Å². The molecule has 2 N–H and O–H groups in total. The van der Waals surface area contributed by atoms with Gasteiger partial charge in [-0.05, 0) is 67.1 Å². The summed E-state index contributed by atoms with van der Waals surface area (Å²) in [4.78, 5) is 22.5. The first-order valence-electron chi connectivity index (χ1n) is 10.1. The summed E-state index contributed by atoms with van der Waals surface area (Å²) in [5.41, 5.74) is 7.16. The molecule has 4 aromatic rings. The second-order valence-electron chi connectivity index (χ2n) is 7.84. The van der Waals surface area contributed by atoms with Crippen LogP contribution in [0.5, 0.6) is 0 Å². The van der Waals surface area contributed by atoms with E-state index in [0.717, 1.165) is 23.3 Å². The SMILES string of the molecule is Cc1ccc(C(=O)N(Cc2cc(F)c3ccc(N)nc3c2)c2ccc(F)cc2S(C)(=O)=O)cn1. The van der Waals surface area contributed by atoms with Crippen LogP contribution in [0, 0.1) is 18.6 Å². The average molecular weight is 483 g/mol. The third-order valence-electron chi connectivity index (χ3n) is 5.19. The first-order chi connectivity index (χ1) is 16.0. The second kappa shape index (κ2) is 8.79. The minimum absolute atomic E-state index is 0.0458. The molecule has 34 heavy (non-hydrogen) atoms. The number of rotatable bonds is 5. The van der Waals surface area contributed by atoms with Crippen molar-refractivity contribution in [2.45, 2.75) is 18.4 Å². The van der Waals surface area contributed by atoms with Gasteiger partial charge in [-0.25, -0.2) is 22.2 Å². The highest BCUT2D eigenvalue weighted by Crippen LogP contribution is 2.30. The number of nitrogens with zero attached hydrogens (tertiary/aromatic N) is 3. The maximum absolute atomic E-state index is 14.8. The first kappa shape index (κ1) is 23.2. The van der Waals surface area contributed by atoms with Crippen molar-refractivity contribution in [2.24, 2.45) is 0 Å². The summed E-state index contributed by atoms with van der Waals surface area (Å²) in [7, 11) is -3.92. The Kier molecular flexibility index (Phi) is 6.01. The molecule has 0 fully saturated rings. The third kappa shape index (κ3) is 4.72. The molecule has 7 nitrogen and oxygen atoms in total. The number of fused-ring (bicyclic) bond motifs is 1. The molecule has 0 spiro atoms. The van der Waals surface area contributed by atoms with Crippen molar-refractivity contribution in [3.63, 3.8) is 0 Å². The molecule has 0 radical (unpaired) electrons. The first-order valence-corrected chi connectivity index (χ1v) is 12.0. The van der Waals surface area contributed by atoms with Gasteiger partial charge in [-0.2, -0.15) is 0 Å². The van der Waals surface area contributed by atoms with Gasteiger partial charge in [0.1, 0.15) is 17.5 Å². The summed E-state index contributed by atoms with van der Waals surface area (Å²) >= 11 is 0. The zero-order valence-corrected chi connectivity index (χ0v) is 19.1. The monoisotopic (exact) mass is 482 g/mol. The molecule has 2 aromatic heterocycles. The lowest BCUT2D eigenvalue weighted by Crippen LogP contribution is -2.32. The Hall–Kier alpha value is -3.92. The van der Waals surface area contributed by atoms with Crippen LogP contribution in [-0.4, -0.2) is 30.5 Å². The Morgan fingerprint density at radius 3 is 2.50 bits per heavy atom. The molecule has 174 valence electrons. The predicted molar refractivity (Wildman–Crippen MR) is 125 cm³/mol. The minimum Gasteiger partial charge on any atom is -0.384 e. The van der Waals surface area contributed by atoms with Crippen molar-refractivity contribution in [3.05, 3.63) is 89.2 Å². The quantitative estimate of drug-likeness (QED) is 0.460. The molecule has 0 bridgehead atoms. The number of carbonyl (C=O) groups excluding carboxylic acids is 1. The van der Waals surface area contributed by atoms with Crippen LogP contribution in [0.15, 0.2) is 65.7 Å². The molecule has 0 aliphatic heterocycles. The number of pyridine rings is 2. The summed E-state index contributed by atoms with van der Waals surface area (Å²) in [5, 5.41) is 0.247. The number of amides is 1. The largest absolute Gasteiger partial charge is 0.384 e. The van der Waals surface area contributed by atoms with E-state index >= 15 is 0 Å². The Morgan fingerprint density at radius 2 is 1.82 bits per heavy atom. The highest BCUT2D eigenvalue weighted by molar-refractivity contribution is 7.90. The number of benzene rings is 2. The summed E-state index contributed by atoms with van der Waals surface area (Å²) in [6.45, 7) is 1.54. The van der Waals surface area contributed by atoms with E-state index in [9.17, 15) is 22.0 Å². The Balaban J connectivity index is 1.88. The maximum atomic E-state index is 14.8. The van der Waals surface area contributed by atoms with E-state index in [2.05, 4.69) is 9.97 Å². The fourth-order valence-electron chi connectivity index (χ4n) is 3.56. The molecule has 4 rings (SSSR count). The third-order valence-corrected chi connectivity index (χ3v) is 6.32. The molecule has 10 heteroatoms. The molecule has 0 unspecified atom stereocenters. The summed E-state index contributed by atoms with van der Waals surface area (Å²) in [6.07, 6.45) is 2.28.